The van der Waals surface area contributed by atoms with Gasteiger partial charge in [0.15, 0.2) is 0 Å². The van der Waals surface area contributed by atoms with Crippen molar-refractivity contribution in [3.8, 4) is 0 Å². The fourth-order valence-electron chi connectivity index (χ4n) is 0.138. The molecule has 0 saturated heterocycles. The van der Waals surface area contributed by atoms with Gasteiger partial charge in [-0.25, -0.2) is 4.79 Å². The van der Waals surface area contributed by atoms with Gasteiger partial charge in [0.25, 0.3) is 0 Å². The number of aliphatic carboxylic acids is 1. The van der Waals surface area contributed by atoms with Crippen molar-refractivity contribution in [2.75, 3.05) is 0 Å². The predicted molar refractivity (Wildman–Crippen MR) is 25.6 cm³/mol. The third-order valence-corrected chi connectivity index (χ3v) is 0.350. The lowest BCUT2D eigenvalue weighted by atomic mass is 10.5. The maximum absolute atomic E-state index is 9.60. The fourth-order valence-corrected chi connectivity index (χ4v) is 0.138. The minimum Gasteiger partial charge on any atom is -0.478 e. The molecule has 0 aliphatic carbocycles. The molecule has 0 bridgehead atoms. The molecule has 0 saturated carbocycles. The molecule has 0 aromatic rings. The standard InChI is InChI=1S/C5H5O2/c1-2-3-4-5(6)7/h1-4H,(H,6,7)/b2-1?,4-3-. The van der Waals surface area contributed by atoms with Crippen molar-refractivity contribution >= 4 is 5.97 Å². The predicted octanol–water partition coefficient (Wildman–Crippen LogP) is 0.616. The first kappa shape index (κ1) is 5.95. The first-order valence-corrected chi connectivity index (χ1v) is 1.72. The van der Waals surface area contributed by atoms with Crippen LogP contribution in [0.15, 0.2) is 18.2 Å². The minimum atomic E-state index is -0.985. The summed E-state index contributed by atoms with van der Waals surface area (Å²) in [7, 11) is 0. The third kappa shape index (κ3) is 4.95. The third-order valence-electron chi connectivity index (χ3n) is 0.350. The maximum Gasteiger partial charge on any atom is 0.328 e. The summed E-state index contributed by atoms with van der Waals surface area (Å²) in [5, 5.41) is 7.88. The van der Waals surface area contributed by atoms with Gasteiger partial charge >= 0.3 is 5.97 Å². The van der Waals surface area contributed by atoms with Crippen LogP contribution in [0.2, 0.25) is 0 Å². The van der Waals surface area contributed by atoms with Gasteiger partial charge in [0.2, 0.25) is 0 Å². The summed E-state index contributed by atoms with van der Waals surface area (Å²) < 4.78 is 0. The van der Waals surface area contributed by atoms with Crippen LogP contribution < -0.4 is 0 Å². The molecule has 0 unspecified atom stereocenters. The van der Waals surface area contributed by atoms with Gasteiger partial charge in [-0.05, 0) is 0 Å². The largest absolute Gasteiger partial charge is 0.478 e. The van der Waals surface area contributed by atoms with E-state index in [2.05, 4.69) is 0 Å². The van der Waals surface area contributed by atoms with Gasteiger partial charge in [0.1, 0.15) is 0 Å². The van der Waals surface area contributed by atoms with Crippen molar-refractivity contribution < 1.29 is 9.90 Å². The Kier molecular flexibility index (Phi) is 2.68. The molecule has 0 aliphatic rings. The van der Waals surface area contributed by atoms with Crippen molar-refractivity contribution in [3.63, 3.8) is 0 Å². The van der Waals surface area contributed by atoms with E-state index in [1.54, 1.807) is 0 Å². The van der Waals surface area contributed by atoms with Crippen LogP contribution in [0.5, 0.6) is 0 Å². The van der Waals surface area contributed by atoms with Gasteiger partial charge in [-0.2, -0.15) is 0 Å². The van der Waals surface area contributed by atoms with E-state index in [4.69, 9.17) is 11.7 Å². The number of hydrogen-bond donors (Lipinski definition) is 1. The number of allylic oxidation sites excluding steroid dienone is 2. The summed E-state index contributed by atoms with van der Waals surface area (Å²) in [5.74, 6) is -0.985. The van der Waals surface area contributed by atoms with Gasteiger partial charge in [0, 0.05) is 6.08 Å². The number of rotatable bonds is 2. The molecular weight excluding hydrogens is 92.1 g/mol. The lowest BCUT2D eigenvalue weighted by Crippen LogP contribution is -1.83. The fraction of sp³-hybridized carbons (Fsp3) is 0. The molecule has 2 heteroatoms. The average Bonchev–Trinajstić information content (AvgIpc) is 1.61. The molecule has 2 nitrogen and oxygen atoms in total. The Morgan fingerprint density at radius 3 is 2.43 bits per heavy atom. The summed E-state index contributed by atoms with van der Waals surface area (Å²) in [6, 6.07) is 0. The summed E-state index contributed by atoms with van der Waals surface area (Å²) >= 11 is 0. The highest BCUT2D eigenvalue weighted by atomic mass is 16.4. The Morgan fingerprint density at radius 1 is 1.71 bits per heavy atom. The molecule has 37 valence electrons. The molecule has 1 radical (unpaired) electrons. The quantitative estimate of drug-likeness (QED) is 0.405. The van der Waals surface area contributed by atoms with Crippen LogP contribution >= 0.6 is 0 Å². The van der Waals surface area contributed by atoms with E-state index in [1.807, 2.05) is 0 Å². The van der Waals surface area contributed by atoms with Crippen LogP contribution in [-0.4, -0.2) is 11.1 Å². The van der Waals surface area contributed by atoms with Gasteiger partial charge in [-0.1, -0.05) is 18.7 Å². The SMILES string of the molecule is [CH]=C/C=C\C(=O)O. The van der Waals surface area contributed by atoms with Crippen molar-refractivity contribution in [1.29, 1.82) is 0 Å². The van der Waals surface area contributed by atoms with Gasteiger partial charge in [0.05, 0.1) is 0 Å². The number of carboxylic acid groups (broad SMARTS) is 1. The second kappa shape index (κ2) is 3.15. The first-order valence-electron chi connectivity index (χ1n) is 1.72. The number of hydrogen-bond acceptors (Lipinski definition) is 1. The van der Waals surface area contributed by atoms with E-state index in [-0.39, 0.29) is 0 Å². The van der Waals surface area contributed by atoms with Crippen LogP contribution in [-0.2, 0) is 4.79 Å². The summed E-state index contributed by atoms with van der Waals surface area (Å²) in [6.45, 7) is 4.80. The molecule has 0 amide bonds. The van der Waals surface area contributed by atoms with Gasteiger partial charge < -0.3 is 5.11 Å². The minimum absolute atomic E-state index is 0.958. The Labute approximate surface area is 41.8 Å². The summed E-state index contributed by atoms with van der Waals surface area (Å²) in [5.41, 5.74) is 0. The Bertz CT molecular complexity index is 103. The van der Waals surface area contributed by atoms with Crippen LogP contribution in [0.1, 0.15) is 0 Å². The molecule has 0 fully saturated rings. The maximum atomic E-state index is 9.60. The van der Waals surface area contributed by atoms with Crippen LogP contribution in [0.4, 0.5) is 0 Å². The van der Waals surface area contributed by atoms with E-state index in [0.29, 0.717) is 0 Å². The lowest BCUT2D eigenvalue weighted by Gasteiger charge is -1.70. The van der Waals surface area contributed by atoms with Crippen LogP contribution in [0.25, 0.3) is 0 Å². The number of carboxylic acids is 1. The molecule has 0 aromatic carbocycles. The van der Waals surface area contributed by atoms with Gasteiger partial charge in [-0.3, -0.25) is 0 Å². The number of carbonyl (C=O) groups is 1. The highest BCUT2D eigenvalue weighted by molar-refractivity contribution is 5.79. The zero-order chi connectivity index (χ0) is 5.70. The zero-order valence-electron chi connectivity index (χ0n) is 3.66. The van der Waals surface area contributed by atoms with Crippen molar-refractivity contribution in [3.05, 3.63) is 24.8 Å². The summed E-state index contributed by atoms with van der Waals surface area (Å²) in [6.07, 6.45) is 3.37. The molecule has 0 heterocycles. The van der Waals surface area contributed by atoms with E-state index in [0.717, 1.165) is 12.2 Å². The highest BCUT2D eigenvalue weighted by Crippen LogP contribution is 1.69. The molecule has 0 aliphatic heterocycles. The average molecular weight is 97.1 g/mol. The van der Waals surface area contributed by atoms with E-state index < -0.39 is 5.97 Å². The van der Waals surface area contributed by atoms with E-state index in [1.165, 1.54) is 6.08 Å². The molecule has 7 heavy (non-hydrogen) atoms. The molecule has 0 aromatic heterocycles. The Hall–Kier alpha value is -1.05. The highest BCUT2D eigenvalue weighted by Gasteiger charge is 1.77. The molecule has 0 rings (SSSR count). The smallest absolute Gasteiger partial charge is 0.328 e. The zero-order valence-corrected chi connectivity index (χ0v) is 3.66. The van der Waals surface area contributed by atoms with Crippen molar-refractivity contribution in [2.45, 2.75) is 0 Å². The van der Waals surface area contributed by atoms with Crippen LogP contribution in [0.3, 0.4) is 0 Å². The van der Waals surface area contributed by atoms with E-state index >= 15 is 0 Å². The normalized spacial score (nSPS) is 9.14. The van der Waals surface area contributed by atoms with Crippen molar-refractivity contribution in [1.82, 2.24) is 0 Å². The Balaban J connectivity index is 3.46. The molecular formula is C5H5O2. The monoisotopic (exact) mass is 97.0 g/mol. The molecule has 0 atom stereocenters. The van der Waals surface area contributed by atoms with Gasteiger partial charge in [-0.15, -0.1) is 0 Å². The van der Waals surface area contributed by atoms with Crippen LogP contribution in [0, 0.1) is 6.58 Å². The lowest BCUT2D eigenvalue weighted by molar-refractivity contribution is -0.131. The first-order chi connectivity index (χ1) is 3.27. The Morgan fingerprint density at radius 2 is 2.29 bits per heavy atom. The van der Waals surface area contributed by atoms with E-state index in [9.17, 15) is 4.79 Å². The summed E-state index contributed by atoms with van der Waals surface area (Å²) in [4.78, 5) is 9.60. The van der Waals surface area contributed by atoms with Crippen molar-refractivity contribution in [2.24, 2.45) is 0 Å². The molecule has 0 spiro atoms. The molecule has 1 N–H and O–H groups in total. The second-order valence-corrected chi connectivity index (χ2v) is 0.890. The topological polar surface area (TPSA) is 37.3 Å². The second-order valence-electron chi connectivity index (χ2n) is 0.890.